The van der Waals surface area contributed by atoms with E-state index in [4.69, 9.17) is 9.47 Å². The number of pyridine rings is 1. The molecule has 27 heavy (non-hydrogen) atoms. The molecule has 0 atom stereocenters. The van der Waals surface area contributed by atoms with E-state index in [1.807, 2.05) is 13.8 Å². The largest absolute Gasteiger partial charge is 0.478 e. The highest BCUT2D eigenvalue weighted by Gasteiger charge is 2.36. The van der Waals surface area contributed by atoms with E-state index in [1.165, 1.54) is 18.3 Å². The van der Waals surface area contributed by atoms with Gasteiger partial charge in [0.25, 0.3) is 0 Å². The first kappa shape index (κ1) is 17.4. The van der Waals surface area contributed by atoms with Crippen molar-refractivity contribution in [3.05, 3.63) is 65.9 Å². The fourth-order valence-electron chi connectivity index (χ4n) is 3.30. The molecule has 1 aliphatic rings. The van der Waals surface area contributed by atoms with Crippen LogP contribution in [0.3, 0.4) is 0 Å². The summed E-state index contributed by atoms with van der Waals surface area (Å²) in [5.74, 6) is 0.412. The van der Waals surface area contributed by atoms with Crippen LogP contribution in [0.25, 0.3) is 10.9 Å². The SMILES string of the molecule is CC(C)(C1=NCCO1)c1c(F)cccc1Oc1cnc2c(F)cccc2c1. The summed E-state index contributed by atoms with van der Waals surface area (Å²) in [4.78, 5) is 8.47. The van der Waals surface area contributed by atoms with E-state index in [2.05, 4.69) is 9.98 Å². The van der Waals surface area contributed by atoms with Gasteiger partial charge in [-0.1, -0.05) is 18.2 Å². The van der Waals surface area contributed by atoms with Crippen LogP contribution in [0.15, 0.2) is 53.7 Å². The molecule has 0 bridgehead atoms. The van der Waals surface area contributed by atoms with Crippen LogP contribution in [0.5, 0.6) is 11.5 Å². The van der Waals surface area contributed by atoms with Gasteiger partial charge in [0.05, 0.1) is 18.2 Å². The molecule has 4 rings (SSSR count). The highest BCUT2D eigenvalue weighted by atomic mass is 19.1. The molecule has 1 aliphatic heterocycles. The minimum Gasteiger partial charge on any atom is -0.478 e. The van der Waals surface area contributed by atoms with Crippen molar-refractivity contribution in [2.45, 2.75) is 19.3 Å². The van der Waals surface area contributed by atoms with Crippen LogP contribution in [0, 0.1) is 11.6 Å². The molecule has 0 radical (unpaired) electrons. The van der Waals surface area contributed by atoms with E-state index < -0.39 is 17.0 Å². The number of aliphatic imine (C=N–C) groups is 1. The highest BCUT2D eigenvalue weighted by molar-refractivity contribution is 5.89. The second-order valence-corrected chi connectivity index (χ2v) is 6.86. The number of rotatable bonds is 4. The van der Waals surface area contributed by atoms with Gasteiger partial charge >= 0.3 is 0 Å². The van der Waals surface area contributed by atoms with Crippen LogP contribution in [-0.4, -0.2) is 24.0 Å². The Morgan fingerprint density at radius 1 is 1.07 bits per heavy atom. The predicted molar refractivity (Wildman–Crippen MR) is 99.5 cm³/mol. The van der Waals surface area contributed by atoms with Crippen molar-refractivity contribution in [3.63, 3.8) is 0 Å². The molecular formula is C21H18F2N2O2. The minimum atomic E-state index is -0.798. The summed E-state index contributed by atoms with van der Waals surface area (Å²) in [5.41, 5.74) is -0.184. The van der Waals surface area contributed by atoms with E-state index in [0.717, 1.165) is 0 Å². The predicted octanol–water partition coefficient (Wildman–Crippen LogP) is 5.01. The first-order chi connectivity index (χ1) is 13.0. The third-order valence-electron chi connectivity index (χ3n) is 4.58. The number of nitrogens with zero attached hydrogens (tertiary/aromatic N) is 2. The molecule has 0 saturated carbocycles. The average molecular weight is 368 g/mol. The zero-order valence-electron chi connectivity index (χ0n) is 15.0. The third kappa shape index (κ3) is 3.12. The fraction of sp³-hybridized carbons (Fsp3) is 0.238. The van der Waals surface area contributed by atoms with E-state index in [1.54, 1.807) is 30.3 Å². The molecule has 0 amide bonds. The van der Waals surface area contributed by atoms with Crippen molar-refractivity contribution < 1.29 is 18.3 Å². The van der Waals surface area contributed by atoms with Crippen LogP contribution < -0.4 is 4.74 Å². The van der Waals surface area contributed by atoms with Gasteiger partial charge in [-0.2, -0.15) is 0 Å². The highest BCUT2D eigenvalue weighted by Crippen LogP contribution is 2.38. The number of halogens is 2. The molecular weight excluding hydrogens is 350 g/mol. The maximum Gasteiger partial charge on any atom is 0.194 e. The lowest BCUT2D eigenvalue weighted by molar-refractivity contribution is 0.314. The molecule has 1 aromatic heterocycles. The normalized spacial score (nSPS) is 14.1. The molecule has 4 nitrogen and oxygen atoms in total. The van der Waals surface area contributed by atoms with Gasteiger partial charge in [-0.15, -0.1) is 0 Å². The third-order valence-corrected chi connectivity index (χ3v) is 4.58. The number of fused-ring (bicyclic) bond motifs is 1. The van der Waals surface area contributed by atoms with Gasteiger partial charge in [-0.25, -0.2) is 13.8 Å². The molecule has 0 aliphatic carbocycles. The van der Waals surface area contributed by atoms with Crippen LogP contribution >= 0.6 is 0 Å². The van der Waals surface area contributed by atoms with Crippen LogP contribution in [0.4, 0.5) is 8.78 Å². The lowest BCUT2D eigenvalue weighted by atomic mass is 9.83. The van der Waals surface area contributed by atoms with E-state index in [-0.39, 0.29) is 5.52 Å². The molecule has 138 valence electrons. The number of hydrogen-bond donors (Lipinski definition) is 0. The Balaban J connectivity index is 1.76. The van der Waals surface area contributed by atoms with Gasteiger partial charge in [-0.3, -0.25) is 4.99 Å². The number of hydrogen-bond acceptors (Lipinski definition) is 4. The Labute approximate surface area is 155 Å². The summed E-state index contributed by atoms with van der Waals surface area (Å²) in [5, 5.41) is 0.605. The molecule has 2 heterocycles. The zero-order valence-corrected chi connectivity index (χ0v) is 15.0. The second-order valence-electron chi connectivity index (χ2n) is 6.86. The quantitative estimate of drug-likeness (QED) is 0.650. The zero-order chi connectivity index (χ0) is 19.0. The molecule has 3 aromatic rings. The lowest BCUT2D eigenvalue weighted by Gasteiger charge is -2.27. The van der Waals surface area contributed by atoms with Crippen molar-refractivity contribution in [1.29, 1.82) is 0 Å². The molecule has 0 unspecified atom stereocenters. The topological polar surface area (TPSA) is 43.7 Å². The maximum absolute atomic E-state index is 14.8. The first-order valence-corrected chi connectivity index (χ1v) is 8.65. The minimum absolute atomic E-state index is 0.262. The van der Waals surface area contributed by atoms with Gasteiger partial charge in [0, 0.05) is 10.9 Å². The maximum atomic E-state index is 14.8. The number of aromatic nitrogens is 1. The summed E-state index contributed by atoms with van der Waals surface area (Å²) in [7, 11) is 0. The number of para-hydroxylation sites is 1. The van der Waals surface area contributed by atoms with Crippen molar-refractivity contribution >= 4 is 16.8 Å². The molecule has 6 heteroatoms. The monoisotopic (exact) mass is 368 g/mol. The molecule has 0 N–H and O–H groups in total. The molecule has 0 spiro atoms. The summed E-state index contributed by atoms with van der Waals surface area (Å²) < 4.78 is 40.1. The van der Waals surface area contributed by atoms with Gasteiger partial charge in [0.1, 0.15) is 35.3 Å². The summed E-state index contributed by atoms with van der Waals surface area (Å²) in [6.45, 7) is 4.74. The van der Waals surface area contributed by atoms with Gasteiger partial charge in [0.2, 0.25) is 0 Å². The molecule has 0 saturated heterocycles. The summed E-state index contributed by atoms with van der Waals surface area (Å²) in [6.07, 6.45) is 1.43. The van der Waals surface area contributed by atoms with Crippen molar-refractivity contribution in [3.8, 4) is 11.5 Å². The van der Waals surface area contributed by atoms with Crippen LogP contribution in [-0.2, 0) is 10.2 Å². The van der Waals surface area contributed by atoms with E-state index >= 15 is 0 Å². The van der Waals surface area contributed by atoms with E-state index in [9.17, 15) is 8.78 Å². The summed E-state index contributed by atoms with van der Waals surface area (Å²) >= 11 is 0. The standard InChI is InChI=1S/C21H18F2N2O2/c1-21(2,20-24-9-10-26-20)18-15(22)6-4-8-17(18)27-14-11-13-5-3-7-16(23)19(13)25-12-14/h3-8,11-12H,9-10H2,1-2H3. The fourth-order valence-corrected chi connectivity index (χ4v) is 3.30. The smallest absolute Gasteiger partial charge is 0.194 e. The Bertz CT molecular complexity index is 1050. The van der Waals surface area contributed by atoms with Crippen molar-refractivity contribution in [2.24, 2.45) is 4.99 Å². The second kappa shape index (κ2) is 6.61. The van der Waals surface area contributed by atoms with Gasteiger partial charge in [0.15, 0.2) is 5.90 Å². The van der Waals surface area contributed by atoms with Gasteiger partial charge in [-0.05, 0) is 38.1 Å². The van der Waals surface area contributed by atoms with Crippen LogP contribution in [0.2, 0.25) is 0 Å². The average Bonchev–Trinajstić information content (AvgIpc) is 3.17. The van der Waals surface area contributed by atoms with Crippen LogP contribution in [0.1, 0.15) is 19.4 Å². The molecule has 2 aromatic carbocycles. The molecule has 0 fully saturated rings. The number of benzene rings is 2. The number of ether oxygens (including phenoxy) is 2. The lowest BCUT2D eigenvalue weighted by Crippen LogP contribution is -2.31. The van der Waals surface area contributed by atoms with Crippen molar-refractivity contribution in [2.75, 3.05) is 13.2 Å². The van der Waals surface area contributed by atoms with E-state index in [0.29, 0.717) is 41.5 Å². The Kier molecular flexibility index (Phi) is 4.26. The first-order valence-electron chi connectivity index (χ1n) is 8.65. The Morgan fingerprint density at radius 2 is 1.85 bits per heavy atom. The Hall–Kier alpha value is -3.02. The Morgan fingerprint density at radius 3 is 2.63 bits per heavy atom. The van der Waals surface area contributed by atoms with Gasteiger partial charge < -0.3 is 9.47 Å². The summed E-state index contributed by atoms with van der Waals surface area (Å²) in [6, 6.07) is 11.0. The van der Waals surface area contributed by atoms with Crippen molar-refractivity contribution in [1.82, 2.24) is 4.98 Å².